The summed E-state index contributed by atoms with van der Waals surface area (Å²) in [7, 11) is -2.02. The summed E-state index contributed by atoms with van der Waals surface area (Å²) >= 11 is 5.89. The van der Waals surface area contributed by atoms with Crippen LogP contribution in [0, 0.1) is 0 Å². The Kier molecular flexibility index (Phi) is 4.04. The molecular weight excluding hydrogens is 304 g/mol. The average molecular weight is 316 g/mol. The van der Waals surface area contributed by atoms with E-state index in [9.17, 15) is 8.42 Å². The third kappa shape index (κ3) is 3.03. The van der Waals surface area contributed by atoms with E-state index in [-0.39, 0.29) is 15.7 Å². The van der Waals surface area contributed by atoms with E-state index in [1.54, 1.807) is 12.1 Å². The highest BCUT2D eigenvalue weighted by molar-refractivity contribution is 7.91. The fourth-order valence-corrected chi connectivity index (χ4v) is 4.19. The molecule has 0 bridgehead atoms. The van der Waals surface area contributed by atoms with Gasteiger partial charge in [0.05, 0.1) is 17.4 Å². The van der Waals surface area contributed by atoms with Crippen molar-refractivity contribution in [1.82, 2.24) is 4.31 Å². The number of rotatable bonds is 5. The zero-order chi connectivity index (χ0) is 14.0. The Morgan fingerprint density at radius 2 is 2.21 bits per heavy atom. The van der Waals surface area contributed by atoms with Gasteiger partial charge >= 0.3 is 0 Å². The smallest absolute Gasteiger partial charge is 0.252 e. The normalized spacial score (nSPS) is 11.9. The molecule has 0 fully saturated rings. The van der Waals surface area contributed by atoms with E-state index in [2.05, 4.69) is 0 Å². The molecule has 0 spiro atoms. The molecule has 8 heteroatoms. The van der Waals surface area contributed by atoms with Gasteiger partial charge in [-0.05, 0) is 18.2 Å². The van der Waals surface area contributed by atoms with Crippen LogP contribution in [0.15, 0.2) is 39.4 Å². The lowest BCUT2D eigenvalue weighted by atomic mass is 10.3. The quantitative estimate of drug-likeness (QED) is 0.851. The summed E-state index contributed by atoms with van der Waals surface area (Å²) in [6.45, 7) is 0.249. The van der Waals surface area contributed by atoms with Gasteiger partial charge in [-0.3, -0.25) is 0 Å². The molecule has 0 aliphatic heterocycles. The minimum atomic E-state index is -3.53. The molecular formula is C11H12N2O3S3. The minimum Gasteiger partial charge on any atom is -0.472 e. The first kappa shape index (κ1) is 14.2. The maximum absolute atomic E-state index is 12.3. The molecule has 0 amide bonds. The topological polar surface area (TPSA) is 76.5 Å². The molecule has 0 saturated carbocycles. The lowest BCUT2D eigenvalue weighted by molar-refractivity contribution is 0.465. The number of hydrogen-bond acceptors (Lipinski definition) is 5. The van der Waals surface area contributed by atoms with Gasteiger partial charge in [-0.15, -0.1) is 11.3 Å². The molecule has 5 nitrogen and oxygen atoms in total. The first-order valence-corrected chi connectivity index (χ1v) is 7.95. The molecule has 2 heterocycles. The molecule has 19 heavy (non-hydrogen) atoms. The van der Waals surface area contributed by atoms with Crippen LogP contribution in [0.1, 0.15) is 10.4 Å². The molecule has 2 N–H and O–H groups in total. The highest BCUT2D eigenvalue weighted by atomic mass is 32.2. The van der Waals surface area contributed by atoms with Gasteiger partial charge in [-0.2, -0.15) is 4.31 Å². The van der Waals surface area contributed by atoms with Crippen molar-refractivity contribution in [2.24, 2.45) is 5.73 Å². The summed E-state index contributed by atoms with van der Waals surface area (Å²) in [5.74, 6) is 0. The zero-order valence-corrected chi connectivity index (χ0v) is 12.5. The second-order valence-electron chi connectivity index (χ2n) is 3.88. The van der Waals surface area contributed by atoms with Gasteiger partial charge < -0.3 is 10.2 Å². The number of thiophene rings is 1. The summed E-state index contributed by atoms with van der Waals surface area (Å²) in [5, 5.41) is 0. The van der Waals surface area contributed by atoms with Gasteiger partial charge in [0.15, 0.2) is 0 Å². The van der Waals surface area contributed by atoms with Crippen molar-refractivity contribution in [1.29, 1.82) is 0 Å². The predicted octanol–water partition coefficient (Wildman–Crippen LogP) is 1.80. The van der Waals surface area contributed by atoms with Crippen LogP contribution in [0.25, 0.3) is 0 Å². The third-order valence-electron chi connectivity index (χ3n) is 2.47. The van der Waals surface area contributed by atoms with Crippen LogP contribution in [0.3, 0.4) is 0 Å². The lowest BCUT2D eigenvalue weighted by Crippen LogP contribution is -2.25. The van der Waals surface area contributed by atoms with Crippen LogP contribution in [-0.4, -0.2) is 24.8 Å². The number of nitrogens with two attached hydrogens (primary N) is 1. The van der Waals surface area contributed by atoms with Gasteiger partial charge in [0.1, 0.15) is 9.20 Å². The summed E-state index contributed by atoms with van der Waals surface area (Å²) in [6, 6.07) is 4.85. The van der Waals surface area contributed by atoms with Crippen LogP contribution in [0.4, 0.5) is 0 Å². The Morgan fingerprint density at radius 1 is 1.47 bits per heavy atom. The van der Waals surface area contributed by atoms with E-state index in [0.717, 1.165) is 16.9 Å². The van der Waals surface area contributed by atoms with Gasteiger partial charge in [-0.25, -0.2) is 8.42 Å². The van der Waals surface area contributed by atoms with Crippen molar-refractivity contribution >= 4 is 38.6 Å². The number of hydrogen-bond donors (Lipinski definition) is 1. The van der Waals surface area contributed by atoms with E-state index in [4.69, 9.17) is 22.4 Å². The van der Waals surface area contributed by atoms with Crippen molar-refractivity contribution in [3.05, 3.63) is 41.2 Å². The number of thiocarbonyl (C=S) groups is 1. The first-order chi connectivity index (χ1) is 8.91. The van der Waals surface area contributed by atoms with Gasteiger partial charge in [0, 0.05) is 19.2 Å². The van der Waals surface area contributed by atoms with Gasteiger partial charge in [0.25, 0.3) is 10.0 Å². The molecule has 0 saturated heterocycles. The monoisotopic (exact) mass is 316 g/mol. The van der Waals surface area contributed by atoms with Gasteiger partial charge in [0.2, 0.25) is 0 Å². The van der Waals surface area contributed by atoms with E-state index in [0.29, 0.717) is 4.88 Å². The maximum atomic E-state index is 12.3. The van der Waals surface area contributed by atoms with Crippen molar-refractivity contribution < 1.29 is 12.8 Å². The molecule has 2 aromatic heterocycles. The highest BCUT2D eigenvalue weighted by Gasteiger charge is 2.23. The fourth-order valence-electron chi connectivity index (χ4n) is 1.47. The van der Waals surface area contributed by atoms with Crippen LogP contribution < -0.4 is 5.73 Å². The predicted molar refractivity (Wildman–Crippen MR) is 77.6 cm³/mol. The van der Waals surface area contributed by atoms with Gasteiger partial charge in [-0.1, -0.05) is 12.2 Å². The summed E-state index contributed by atoms with van der Waals surface area (Å²) < 4.78 is 31.0. The summed E-state index contributed by atoms with van der Waals surface area (Å²) in [4.78, 5) is 0.786. The molecule has 0 unspecified atom stereocenters. The van der Waals surface area contributed by atoms with Crippen LogP contribution in [0.5, 0.6) is 0 Å². The SMILES string of the molecule is CN(Cc1ccoc1)S(=O)(=O)c1ccc(C(N)=S)s1. The van der Waals surface area contributed by atoms with Crippen molar-refractivity contribution in [2.75, 3.05) is 7.05 Å². The third-order valence-corrected chi connectivity index (χ3v) is 6.21. The number of sulfonamides is 1. The van der Waals surface area contributed by atoms with E-state index in [1.807, 2.05) is 0 Å². The highest BCUT2D eigenvalue weighted by Crippen LogP contribution is 2.25. The second kappa shape index (κ2) is 5.41. The van der Waals surface area contributed by atoms with Crippen LogP contribution in [0.2, 0.25) is 0 Å². The molecule has 0 aliphatic carbocycles. The van der Waals surface area contributed by atoms with E-state index in [1.165, 1.54) is 29.9 Å². The summed E-state index contributed by atoms with van der Waals surface area (Å²) in [5.41, 5.74) is 6.27. The molecule has 2 rings (SSSR count). The Hall–Kier alpha value is -1.22. The van der Waals surface area contributed by atoms with Crippen LogP contribution in [-0.2, 0) is 16.6 Å². The first-order valence-electron chi connectivity index (χ1n) is 5.28. The van der Waals surface area contributed by atoms with E-state index < -0.39 is 10.0 Å². The Bertz CT molecular complexity index is 674. The van der Waals surface area contributed by atoms with Crippen molar-refractivity contribution in [2.45, 2.75) is 10.8 Å². The average Bonchev–Trinajstić information content (AvgIpc) is 2.99. The molecule has 2 aromatic rings. The standard InChI is InChI=1S/C11H12N2O3S3/c1-13(6-8-4-5-16-7-8)19(14,15)10-3-2-9(18-10)11(12)17/h2-5,7H,6H2,1H3,(H2,12,17). The second-order valence-corrected chi connectivity index (χ2v) is 7.67. The van der Waals surface area contributed by atoms with E-state index >= 15 is 0 Å². The molecule has 0 radical (unpaired) electrons. The molecule has 0 atom stereocenters. The minimum absolute atomic E-state index is 0.198. The molecule has 0 aliphatic rings. The van der Waals surface area contributed by atoms with Crippen LogP contribution >= 0.6 is 23.6 Å². The lowest BCUT2D eigenvalue weighted by Gasteiger charge is -2.14. The summed E-state index contributed by atoms with van der Waals surface area (Å²) in [6.07, 6.45) is 3.02. The molecule has 102 valence electrons. The number of furan rings is 1. The van der Waals surface area contributed by atoms with Crippen molar-refractivity contribution in [3.8, 4) is 0 Å². The van der Waals surface area contributed by atoms with Crippen molar-refractivity contribution in [3.63, 3.8) is 0 Å². The number of nitrogens with zero attached hydrogens (tertiary/aromatic N) is 1. The molecule has 0 aromatic carbocycles. The zero-order valence-electron chi connectivity index (χ0n) is 10.1. The maximum Gasteiger partial charge on any atom is 0.252 e. The Balaban J connectivity index is 2.23. The Morgan fingerprint density at radius 3 is 2.74 bits per heavy atom. The Labute approximate surface area is 120 Å². The largest absolute Gasteiger partial charge is 0.472 e. The fraction of sp³-hybridized carbons (Fsp3) is 0.182.